The van der Waals surface area contributed by atoms with Gasteiger partial charge in [0.1, 0.15) is 28.9 Å². The zero-order chi connectivity index (χ0) is 38.3. The summed E-state index contributed by atoms with van der Waals surface area (Å²) >= 11 is 0. The molecule has 2 N–H and O–H groups in total. The van der Waals surface area contributed by atoms with Crippen LogP contribution in [0.15, 0.2) is 0 Å². The number of rotatable bonds is 10. The van der Waals surface area contributed by atoms with Crippen LogP contribution in [0.4, 0.5) is 0 Å². The van der Waals surface area contributed by atoms with E-state index in [2.05, 4.69) is 20.8 Å². The topological polar surface area (TPSA) is 131 Å². The fraction of sp³-hybridized carbons (Fsp3) is 0.905. The Morgan fingerprint density at radius 3 is 1.80 bits per heavy atom. The number of esters is 4. The summed E-state index contributed by atoms with van der Waals surface area (Å²) < 4.78 is 22.6. The van der Waals surface area contributed by atoms with E-state index in [-0.39, 0.29) is 23.4 Å². The van der Waals surface area contributed by atoms with Crippen LogP contribution < -0.4 is 5.73 Å². The van der Waals surface area contributed by atoms with Crippen LogP contribution in [0, 0.1) is 52.3 Å². The Kier molecular flexibility index (Phi) is 12.5. The summed E-state index contributed by atoms with van der Waals surface area (Å²) in [6.07, 6.45) is 10.8. The molecule has 0 aromatic heterocycles. The van der Waals surface area contributed by atoms with Crippen LogP contribution in [0.2, 0.25) is 0 Å². The highest BCUT2D eigenvalue weighted by Gasteiger charge is 2.61. The molecule has 0 radical (unpaired) electrons. The van der Waals surface area contributed by atoms with Gasteiger partial charge in [0.05, 0.1) is 6.42 Å². The van der Waals surface area contributed by atoms with E-state index in [4.69, 9.17) is 24.7 Å². The maximum Gasteiger partial charge on any atom is 0.323 e. The quantitative estimate of drug-likeness (QED) is 0.135. The molecule has 4 fully saturated rings. The maximum absolute atomic E-state index is 13.2. The summed E-state index contributed by atoms with van der Waals surface area (Å²) in [5, 5.41) is 0. The maximum atomic E-state index is 13.2. The average Bonchev–Trinajstić information content (AvgIpc) is 3.31. The minimum Gasteiger partial charge on any atom is -0.461 e. The van der Waals surface area contributed by atoms with E-state index in [0.29, 0.717) is 41.9 Å². The molecule has 0 saturated heterocycles. The number of carbonyl (C=O) groups is 4. The molecule has 4 saturated carbocycles. The van der Waals surface area contributed by atoms with Crippen LogP contribution in [0.5, 0.6) is 0 Å². The third kappa shape index (κ3) is 10.1. The van der Waals surface area contributed by atoms with E-state index in [9.17, 15) is 19.2 Å². The van der Waals surface area contributed by atoms with Gasteiger partial charge < -0.3 is 24.7 Å². The van der Waals surface area contributed by atoms with Crippen LogP contribution in [0.25, 0.3) is 0 Å². The number of fused-ring (bicyclic) bond motifs is 5. The average molecular weight is 718 g/mol. The lowest BCUT2D eigenvalue weighted by molar-refractivity contribution is -0.175. The van der Waals surface area contributed by atoms with Crippen molar-refractivity contribution in [3.63, 3.8) is 0 Å². The first-order chi connectivity index (χ1) is 23.3. The Morgan fingerprint density at radius 2 is 1.24 bits per heavy atom. The fourth-order valence-electron chi connectivity index (χ4n) is 10.9. The van der Waals surface area contributed by atoms with E-state index < -0.39 is 52.6 Å². The van der Waals surface area contributed by atoms with Crippen LogP contribution in [-0.4, -0.2) is 52.8 Å². The summed E-state index contributed by atoms with van der Waals surface area (Å²) in [6.45, 7) is 23.7. The van der Waals surface area contributed by atoms with Gasteiger partial charge in [0.15, 0.2) is 5.92 Å². The van der Waals surface area contributed by atoms with Crippen molar-refractivity contribution >= 4 is 23.9 Å². The van der Waals surface area contributed by atoms with Gasteiger partial charge in [-0.3, -0.25) is 19.2 Å². The van der Waals surface area contributed by atoms with Crippen LogP contribution >= 0.6 is 0 Å². The molecular weight excluding hydrogens is 646 g/mol. The highest BCUT2D eigenvalue weighted by Crippen LogP contribution is 2.68. The lowest BCUT2D eigenvalue weighted by atomic mass is 9.44. The summed E-state index contributed by atoms with van der Waals surface area (Å²) in [6, 6.07) is -1.02. The second-order valence-electron chi connectivity index (χ2n) is 20.3. The smallest absolute Gasteiger partial charge is 0.323 e. The molecule has 10 unspecified atom stereocenters. The van der Waals surface area contributed by atoms with Gasteiger partial charge in [-0.15, -0.1) is 0 Å². The molecule has 4 aliphatic rings. The number of ether oxygens (including phenoxy) is 4. The molecule has 9 nitrogen and oxygen atoms in total. The van der Waals surface area contributed by atoms with E-state index in [1.54, 1.807) is 20.8 Å². The molecule has 4 aliphatic carbocycles. The summed E-state index contributed by atoms with van der Waals surface area (Å²) in [7, 11) is 0. The predicted molar refractivity (Wildman–Crippen MR) is 197 cm³/mol. The van der Waals surface area contributed by atoms with Gasteiger partial charge in [-0.25, -0.2) is 0 Å². The number of carbonyl (C=O) groups excluding carboxylic acids is 4. The Morgan fingerprint density at radius 1 is 0.686 bits per heavy atom. The van der Waals surface area contributed by atoms with E-state index in [1.807, 2.05) is 41.5 Å². The van der Waals surface area contributed by atoms with E-state index in [0.717, 1.165) is 32.1 Å². The predicted octanol–water partition coefficient (Wildman–Crippen LogP) is 8.33. The molecule has 0 spiro atoms. The molecular formula is C42H71NO8. The van der Waals surface area contributed by atoms with E-state index >= 15 is 0 Å². The normalized spacial score (nSPS) is 33.6. The van der Waals surface area contributed by atoms with Crippen molar-refractivity contribution in [3.8, 4) is 0 Å². The molecule has 10 atom stereocenters. The van der Waals surface area contributed by atoms with Gasteiger partial charge in [-0.1, -0.05) is 20.8 Å². The molecule has 0 amide bonds. The van der Waals surface area contributed by atoms with Crippen molar-refractivity contribution in [1.29, 1.82) is 0 Å². The van der Waals surface area contributed by atoms with Crippen LogP contribution in [-0.2, 0) is 38.1 Å². The largest absolute Gasteiger partial charge is 0.461 e. The van der Waals surface area contributed by atoms with Crippen molar-refractivity contribution in [2.45, 2.75) is 189 Å². The Labute approximate surface area is 308 Å². The second kappa shape index (κ2) is 15.3. The second-order valence-corrected chi connectivity index (χ2v) is 20.3. The molecule has 9 heteroatoms. The lowest BCUT2D eigenvalue weighted by Gasteiger charge is -2.61. The summed E-state index contributed by atoms with van der Waals surface area (Å²) in [4.78, 5) is 51.6. The lowest BCUT2D eigenvalue weighted by Crippen LogP contribution is -2.54. The standard InChI is InChI=1S/C42H71NO8/c1-25(13-15-29(35(45)50-39(5,6)7)36(46)51-40(8,9)10)30-17-18-31-28-16-14-26-23-27(19-21-41(26,11)32(28)20-22-42(30,31)12)48-37(47)33(43)24-34(44)49-38(2,3)4/h25-33H,13-24,43H2,1-12H3. The first-order valence-corrected chi connectivity index (χ1v) is 20.0. The molecule has 0 aromatic rings. The van der Waals surface area contributed by atoms with Gasteiger partial charge in [-0.2, -0.15) is 0 Å². The zero-order valence-electron chi connectivity index (χ0n) is 34.0. The first-order valence-electron chi connectivity index (χ1n) is 20.0. The molecule has 0 heterocycles. The van der Waals surface area contributed by atoms with Gasteiger partial charge in [0, 0.05) is 0 Å². The van der Waals surface area contributed by atoms with Crippen molar-refractivity contribution in [1.82, 2.24) is 0 Å². The first kappa shape index (κ1) is 41.6. The number of hydrogen-bond acceptors (Lipinski definition) is 9. The molecule has 0 aliphatic heterocycles. The Hall–Kier alpha value is -2.16. The SMILES string of the molecule is CC(CCC(C(=O)OC(C)(C)C)C(=O)OC(C)(C)C)C1CCC2C3CCC4CC(OC(=O)C(N)CC(=O)OC(C)(C)C)CCC4(C)C3CCC12C. The number of hydrogen-bond donors (Lipinski definition) is 1. The molecule has 292 valence electrons. The third-order valence-electron chi connectivity index (χ3n) is 13.1. The highest BCUT2D eigenvalue weighted by atomic mass is 16.6. The third-order valence-corrected chi connectivity index (χ3v) is 13.1. The van der Waals surface area contributed by atoms with Crippen molar-refractivity contribution in [2.24, 2.45) is 58.0 Å². The Balaban J connectivity index is 1.36. The van der Waals surface area contributed by atoms with E-state index in [1.165, 1.54) is 32.1 Å². The summed E-state index contributed by atoms with van der Waals surface area (Å²) in [5.41, 5.74) is 4.57. The minimum atomic E-state index is -1.02. The minimum absolute atomic E-state index is 0.160. The molecule has 0 bridgehead atoms. The van der Waals surface area contributed by atoms with Crippen molar-refractivity contribution in [2.75, 3.05) is 0 Å². The fourth-order valence-corrected chi connectivity index (χ4v) is 10.9. The van der Waals surface area contributed by atoms with Crippen molar-refractivity contribution < 1.29 is 38.1 Å². The van der Waals surface area contributed by atoms with Gasteiger partial charge in [0.2, 0.25) is 0 Å². The van der Waals surface area contributed by atoms with Gasteiger partial charge >= 0.3 is 23.9 Å². The molecule has 0 aromatic carbocycles. The van der Waals surface area contributed by atoms with Crippen LogP contribution in [0.3, 0.4) is 0 Å². The number of nitrogens with two attached hydrogens (primary N) is 1. The van der Waals surface area contributed by atoms with Gasteiger partial charge in [-0.05, 0) is 179 Å². The zero-order valence-corrected chi connectivity index (χ0v) is 34.0. The summed E-state index contributed by atoms with van der Waals surface area (Å²) in [5.74, 6) is 0.577. The Bertz CT molecular complexity index is 1250. The van der Waals surface area contributed by atoms with Crippen LogP contribution in [0.1, 0.15) is 160 Å². The molecule has 4 rings (SSSR count). The highest BCUT2D eigenvalue weighted by molar-refractivity contribution is 5.95. The molecule has 51 heavy (non-hydrogen) atoms. The monoisotopic (exact) mass is 718 g/mol. The van der Waals surface area contributed by atoms with Crippen molar-refractivity contribution in [3.05, 3.63) is 0 Å². The van der Waals surface area contributed by atoms with Gasteiger partial charge in [0.25, 0.3) is 0 Å².